The van der Waals surface area contributed by atoms with Crippen LogP contribution in [-0.4, -0.2) is 26.4 Å². The zero-order valence-electron chi connectivity index (χ0n) is 15.2. The minimum absolute atomic E-state index is 0.140. The maximum Gasteiger partial charge on any atom is 0.234 e. The van der Waals surface area contributed by atoms with Gasteiger partial charge in [0.25, 0.3) is 0 Å². The van der Waals surface area contributed by atoms with Crippen molar-refractivity contribution < 1.29 is 9.18 Å². The van der Waals surface area contributed by atoms with Crippen molar-refractivity contribution in [3.05, 3.63) is 66.2 Å². The maximum atomic E-state index is 14.0. The highest BCUT2D eigenvalue weighted by atomic mass is 32.2. The van der Waals surface area contributed by atoms with Crippen molar-refractivity contribution in [3.8, 4) is 5.69 Å². The molecule has 1 atom stereocenters. The van der Waals surface area contributed by atoms with Crippen LogP contribution in [0.2, 0.25) is 0 Å². The summed E-state index contributed by atoms with van der Waals surface area (Å²) in [6, 6.07) is 14.2. The van der Waals surface area contributed by atoms with Crippen LogP contribution in [0.1, 0.15) is 31.7 Å². The van der Waals surface area contributed by atoms with E-state index in [4.69, 9.17) is 0 Å². The average molecular weight is 384 g/mol. The van der Waals surface area contributed by atoms with Crippen molar-refractivity contribution in [3.63, 3.8) is 0 Å². The zero-order valence-corrected chi connectivity index (χ0v) is 16.0. The number of hydrogen-bond acceptors (Lipinski definition) is 4. The van der Waals surface area contributed by atoms with Crippen molar-refractivity contribution >= 4 is 23.4 Å². The minimum Gasteiger partial charge on any atom is -0.325 e. The third kappa shape index (κ3) is 4.54. The molecule has 0 radical (unpaired) electrons. The Hall–Kier alpha value is -2.67. The monoisotopic (exact) mass is 384 g/mol. The highest BCUT2D eigenvalue weighted by Gasteiger charge is 2.14. The fraction of sp³-hybridized carbons (Fsp3) is 0.250. The predicted octanol–water partition coefficient (Wildman–Crippen LogP) is 4.65. The summed E-state index contributed by atoms with van der Waals surface area (Å²) in [7, 11) is 0. The summed E-state index contributed by atoms with van der Waals surface area (Å²) in [5.41, 5.74) is 2.30. The first-order valence-corrected chi connectivity index (χ1v) is 9.75. The molecule has 0 aliphatic carbocycles. The van der Waals surface area contributed by atoms with E-state index in [1.165, 1.54) is 24.2 Å². The van der Waals surface area contributed by atoms with Crippen LogP contribution in [0.3, 0.4) is 0 Å². The predicted molar refractivity (Wildman–Crippen MR) is 106 cm³/mol. The Morgan fingerprint density at radius 1 is 1.22 bits per heavy atom. The number of benzene rings is 2. The Labute approximate surface area is 162 Å². The molecule has 0 fully saturated rings. The summed E-state index contributed by atoms with van der Waals surface area (Å²) in [5, 5.41) is 11.3. The lowest BCUT2D eigenvalue weighted by molar-refractivity contribution is -0.113. The lowest BCUT2D eigenvalue weighted by Crippen LogP contribution is -2.16. The van der Waals surface area contributed by atoms with Gasteiger partial charge in [-0.25, -0.2) is 4.39 Å². The number of thioether (sulfide) groups is 1. The number of carbonyl (C=O) groups excluding carboxylic acids is 1. The topological polar surface area (TPSA) is 59.8 Å². The largest absolute Gasteiger partial charge is 0.325 e. The van der Waals surface area contributed by atoms with Gasteiger partial charge in [-0.2, -0.15) is 0 Å². The van der Waals surface area contributed by atoms with E-state index in [2.05, 4.69) is 29.4 Å². The molecule has 1 N–H and O–H groups in total. The summed E-state index contributed by atoms with van der Waals surface area (Å²) in [6.07, 6.45) is 2.43. The fourth-order valence-electron chi connectivity index (χ4n) is 2.71. The summed E-state index contributed by atoms with van der Waals surface area (Å²) < 4.78 is 15.5. The van der Waals surface area contributed by atoms with Crippen LogP contribution in [0.15, 0.2) is 60.0 Å². The lowest BCUT2D eigenvalue weighted by atomic mass is 9.97. The number of hydrogen-bond donors (Lipinski definition) is 1. The molecule has 1 amide bonds. The smallest absolute Gasteiger partial charge is 0.234 e. The molecule has 0 bridgehead atoms. The second-order valence-electron chi connectivity index (χ2n) is 6.17. The SMILES string of the molecule is CC[C@H](C)c1ccccc1NC(=O)CSc1nncn1-c1ccccc1F. The molecule has 0 saturated carbocycles. The number of halogens is 1. The van der Waals surface area contributed by atoms with Crippen LogP contribution in [0.4, 0.5) is 10.1 Å². The first-order chi connectivity index (χ1) is 13.1. The average Bonchev–Trinajstić information content (AvgIpc) is 3.15. The lowest BCUT2D eigenvalue weighted by Gasteiger charge is -2.15. The standard InChI is InChI=1S/C20H21FN4OS/c1-3-14(2)15-8-4-6-10-17(15)23-19(26)12-27-20-24-22-13-25(20)18-11-7-5-9-16(18)21/h4-11,13-14H,3,12H2,1-2H3,(H,23,26)/t14-/m0/s1. The Morgan fingerprint density at radius 3 is 2.74 bits per heavy atom. The van der Waals surface area contributed by atoms with Crippen LogP contribution in [0.5, 0.6) is 0 Å². The van der Waals surface area contributed by atoms with Crippen molar-refractivity contribution in [2.24, 2.45) is 0 Å². The molecular weight excluding hydrogens is 363 g/mol. The van der Waals surface area contributed by atoms with Crippen LogP contribution in [0, 0.1) is 5.82 Å². The molecule has 0 saturated heterocycles. The molecule has 0 spiro atoms. The zero-order chi connectivity index (χ0) is 19.2. The highest BCUT2D eigenvalue weighted by molar-refractivity contribution is 7.99. The van der Waals surface area contributed by atoms with Gasteiger partial charge in [0.2, 0.25) is 5.91 Å². The van der Waals surface area contributed by atoms with Gasteiger partial charge in [0.1, 0.15) is 12.1 Å². The van der Waals surface area contributed by atoms with E-state index < -0.39 is 0 Å². The van der Waals surface area contributed by atoms with Gasteiger partial charge in [-0.1, -0.05) is 55.9 Å². The number of para-hydroxylation sites is 2. The van der Waals surface area contributed by atoms with Crippen LogP contribution >= 0.6 is 11.8 Å². The maximum absolute atomic E-state index is 14.0. The Kier molecular flexibility index (Phi) is 6.24. The number of aromatic nitrogens is 3. The first-order valence-electron chi connectivity index (χ1n) is 8.76. The number of carbonyl (C=O) groups is 1. The quantitative estimate of drug-likeness (QED) is 0.602. The third-order valence-corrected chi connectivity index (χ3v) is 5.28. The molecule has 0 unspecified atom stereocenters. The molecule has 1 aromatic heterocycles. The van der Waals surface area contributed by atoms with Gasteiger partial charge in [0, 0.05) is 5.69 Å². The van der Waals surface area contributed by atoms with E-state index in [-0.39, 0.29) is 17.5 Å². The molecule has 3 aromatic rings. The molecule has 0 aliphatic heterocycles. The van der Waals surface area contributed by atoms with Gasteiger partial charge >= 0.3 is 0 Å². The minimum atomic E-state index is -0.369. The Balaban J connectivity index is 1.68. The molecule has 7 heteroatoms. The second kappa shape index (κ2) is 8.81. The van der Waals surface area contributed by atoms with Crippen LogP contribution in [0.25, 0.3) is 5.69 Å². The van der Waals surface area contributed by atoms with Crippen molar-refractivity contribution in [1.29, 1.82) is 0 Å². The van der Waals surface area contributed by atoms with E-state index in [9.17, 15) is 9.18 Å². The second-order valence-corrected chi connectivity index (χ2v) is 7.11. The van der Waals surface area contributed by atoms with E-state index in [1.54, 1.807) is 22.8 Å². The molecule has 140 valence electrons. The van der Waals surface area contributed by atoms with Gasteiger partial charge in [0.05, 0.1) is 11.4 Å². The van der Waals surface area contributed by atoms with Crippen LogP contribution in [-0.2, 0) is 4.79 Å². The Bertz CT molecular complexity index is 928. The highest BCUT2D eigenvalue weighted by Crippen LogP contribution is 2.27. The number of amides is 1. The molecule has 0 aliphatic rings. The van der Waals surface area contributed by atoms with E-state index >= 15 is 0 Å². The number of anilines is 1. The third-order valence-electron chi connectivity index (χ3n) is 4.34. The van der Waals surface area contributed by atoms with E-state index in [0.29, 0.717) is 16.8 Å². The molecule has 1 heterocycles. The van der Waals surface area contributed by atoms with Crippen LogP contribution < -0.4 is 5.32 Å². The molecule has 3 rings (SSSR count). The summed E-state index contributed by atoms with van der Waals surface area (Å²) in [6.45, 7) is 4.26. The number of nitrogens with zero attached hydrogens (tertiary/aromatic N) is 3. The summed E-state index contributed by atoms with van der Waals surface area (Å²) in [4.78, 5) is 12.4. The van der Waals surface area contributed by atoms with Gasteiger partial charge in [-0.05, 0) is 36.1 Å². The molecule has 5 nitrogen and oxygen atoms in total. The van der Waals surface area contributed by atoms with Gasteiger partial charge in [-0.3, -0.25) is 9.36 Å². The molecule has 2 aromatic carbocycles. The normalized spacial score (nSPS) is 12.0. The molecule has 27 heavy (non-hydrogen) atoms. The van der Waals surface area contributed by atoms with Crippen molar-refractivity contribution in [2.45, 2.75) is 31.3 Å². The van der Waals surface area contributed by atoms with E-state index in [0.717, 1.165) is 17.7 Å². The number of rotatable bonds is 7. The summed E-state index contributed by atoms with van der Waals surface area (Å²) in [5.74, 6) is 0.00496. The van der Waals surface area contributed by atoms with E-state index in [1.807, 2.05) is 24.3 Å². The van der Waals surface area contributed by atoms with Crippen molar-refractivity contribution in [2.75, 3.05) is 11.1 Å². The Morgan fingerprint density at radius 2 is 1.96 bits per heavy atom. The molecular formula is C20H21FN4OS. The summed E-state index contributed by atoms with van der Waals surface area (Å²) >= 11 is 1.22. The fourth-order valence-corrected chi connectivity index (χ4v) is 3.43. The van der Waals surface area contributed by atoms with Crippen molar-refractivity contribution in [1.82, 2.24) is 14.8 Å². The van der Waals surface area contributed by atoms with Gasteiger partial charge < -0.3 is 5.32 Å². The number of nitrogens with one attached hydrogen (secondary N) is 1. The van der Waals surface area contributed by atoms with Gasteiger partial charge in [-0.15, -0.1) is 10.2 Å². The first kappa shape index (κ1) is 19.1. The van der Waals surface area contributed by atoms with Gasteiger partial charge in [0.15, 0.2) is 5.16 Å².